The third-order valence-corrected chi connectivity index (χ3v) is 6.34. The molecule has 9 heteroatoms. The third kappa shape index (κ3) is 3.73. The van der Waals surface area contributed by atoms with Gasteiger partial charge in [-0.2, -0.15) is 13.1 Å². The van der Waals surface area contributed by atoms with Crippen molar-refractivity contribution in [1.29, 1.82) is 0 Å². The summed E-state index contributed by atoms with van der Waals surface area (Å²) in [6.07, 6.45) is 2.09. The van der Waals surface area contributed by atoms with Crippen molar-refractivity contribution >= 4 is 38.8 Å². The molecule has 0 aliphatic heterocycles. The van der Waals surface area contributed by atoms with Gasteiger partial charge in [0, 0.05) is 13.1 Å². The highest BCUT2D eigenvalue weighted by molar-refractivity contribution is 7.89. The number of ether oxygens (including phenoxy) is 1. The average molecular weight is 369 g/mol. The van der Waals surface area contributed by atoms with Crippen LogP contribution in [0.5, 0.6) is 0 Å². The van der Waals surface area contributed by atoms with Gasteiger partial charge in [0.15, 0.2) is 0 Å². The van der Waals surface area contributed by atoms with Gasteiger partial charge in [-0.05, 0) is 37.8 Å². The normalized spacial score (nSPS) is 15.1. The number of fused-ring (bicyclic) bond motifs is 1. The van der Waals surface area contributed by atoms with Crippen LogP contribution in [0.4, 0.5) is 0 Å². The second-order valence-electron chi connectivity index (χ2n) is 5.75. The molecule has 0 unspecified atom stereocenters. The summed E-state index contributed by atoms with van der Waals surface area (Å²) in [4.78, 5) is 11.8. The molecule has 7 nitrogen and oxygen atoms in total. The molecule has 24 heavy (non-hydrogen) atoms. The predicted molar refractivity (Wildman–Crippen MR) is 90.1 cm³/mol. The van der Waals surface area contributed by atoms with Crippen molar-refractivity contribution < 1.29 is 17.9 Å². The maximum absolute atomic E-state index is 13.1. The minimum atomic E-state index is -3.73. The molecular weight excluding hydrogens is 350 g/mol. The fraction of sp³-hybridized carbons (Fsp3) is 0.533. The van der Waals surface area contributed by atoms with E-state index < -0.39 is 10.0 Å². The molecule has 0 radical (unpaired) electrons. The minimum Gasteiger partial charge on any atom is -0.466 e. The van der Waals surface area contributed by atoms with Gasteiger partial charge in [0.25, 0.3) is 0 Å². The van der Waals surface area contributed by atoms with E-state index in [9.17, 15) is 13.2 Å². The average Bonchev–Trinajstić information content (AvgIpc) is 3.24. The zero-order chi connectivity index (χ0) is 17.2. The smallest absolute Gasteiger partial charge is 0.307 e. The van der Waals surface area contributed by atoms with Crippen LogP contribution in [-0.2, 0) is 19.6 Å². The Hall–Kier alpha value is -1.58. The van der Waals surface area contributed by atoms with Crippen LogP contribution in [0.3, 0.4) is 0 Å². The van der Waals surface area contributed by atoms with Crippen LogP contribution in [0.2, 0.25) is 0 Å². The quantitative estimate of drug-likeness (QED) is 0.662. The van der Waals surface area contributed by atoms with Crippen molar-refractivity contribution in [2.24, 2.45) is 5.92 Å². The molecule has 130 valence electrons. The SMILES string of the molecule is CCOC(=O)CCN(CC1CC1)S(=O)(=O)c1cccc2nsnc12. The molecule has 0 saturated heterocycles. The van der Waals surface area contributed by atoms with Crippen LogP contribution in [0.25, 0.3) is 11.0 Å². The van der Waals surface area contributed by atoms with Gasteiger partial charge in [-0.25, -0.2) is 8.42 Å². The maximum atomic E-state index is 13.1. The summed E-state index contributed by atoms with van der Waals surface area (Å²) in [5.41, 5.74) is 0.956. The van der Waals surface area contributed by atoms with Crippen LogP contribution in [0, 0.1) is 5.92 Å². The number of nitrogens with zero attached hydrogens (tertiary/aromatic N) is 3. The summed E-state index contributed by atoms with van der Waals surface area (Å²) in [5.74, 6) is -0.0169. The first-order chi connectivity index (χ1) is 11.5. The Morgan fingerprint density at radius 3 is 2.88 bits per heavy atom. The van der Waals surface area contributed by atoms with Gasteiger partial charge in [-0.15, -0.1) is 0 Å². The minimum absolute atomic E-state index is 0.0467. The topological polar surface area (TPSA) is 89.5 Å². The van der Waals surface area contributed by atoms with Crippen molar-refractivity contribution in [1.82, 2.24) is 13.1 Å². The van der Waals surface area contributed by atoms with E-state index in [1.807, 2.05) is 0 Å². The number of hydrogen-bond donors (Lipinski definition) is 0. The van der Waals surface area contributed by atoms with Crippen molar-refractivity contribution in [3.05, 3.63) is 18.2 Å². The van der Waals surface area contributed by atoms with E-state index in [2.05, 4.69) is 8.75 Å². The number of carbonyl (C=O) groups is 1. The summed E-state index contributed by atoms with van der Waals surface area (Å²) < 4.78 is 40.7. The highest BCUT2D eigenvalue weighted by Crippen LogP contribution is 2.32. The summed E-state index contributed by atoms with van der Waals surface area (Å²) in [5, 5.41) is 0. The first kappa shape index (κ1) is 17.2. The lowest BCUT2D eigenvalue weighted by atomic mass is 10.3. The van der Waals surface area contributed by atoms with Gasteiger partial charge >= 0.3 is 5.97 Å². The Morgan fingerprint density at radius 2 is 2.17 bits per heavy atom. The molecule has 1 aliphatic rings. The van der Waals surface area contributed by atoms with E-state index in [0.717, 1.165) is 24.6 Å². The Labute approximate surface area is 145 Å². The standard InChI is InChI=1S/C15H19N3O4S2/c1-2-22-14(19)8-9-18(10-11-6-7-11)24(20,21)13-5-3-4-12-15(13)17-23-16-12/h3-5,11H,2,6-10H2,1H3. The Morgan fingerprint density at radius 1 is 1.38 bits per heavy atom. The zero-order valence-electron chi connectivity index (χ0n) is 13.3. The van der Waals surface area contributed by atoms with Crippen molar-refractivity contribution in [3.8, 4) is 0 Å². The lowest BCUT2D eigenvalue weighted by molar-refractivity contribution is -0.143. The van der Waals surface area contributed by atoms with Gasteiger partial charge in [-0.3, -0.25) is 4.79 Å². The summed E-state index contributed by atoms with van der Waals surface area (Å²) >= 11 is 0.989. The van der Waals surface area contributed by atoms with Crippen LogP contribution < -0.4 is 0 Å². The largest absolute Gasteiger partial charge is 0.466 e. The van der Waals surface area contributed by atoms with Crippen molar-refractivity contribution in [2.45, 2.75) is 31.1 Å². The highest BCUT2D eigenvalue weighted by Gasteiger charge is 2.33. The van der Waals surface area contributed by atoms with E-state index in [1.54, 1.807) is 25.1 Å². The van der Waals surface area contributed by atoms with Gasteiger partial charge in [0.2, 0.25) is 10.0 Å². The molecule has 0 spiro atoms. The van der Waals surface area contributed by atoms with E-state index in [-0.39, 0.29) is 30.4 Å². The zero-order valence-corrected chi connectivity index (χ0v) is 15.0. The van der Waals surface area contributed by atoms with Crippen molar-refractivity contribution in [3.63, 3.8) is 0 Å². The Balaban J connectivity index is 1.87. The van der Waals surface area contributed by atoms with E-state index >= 15 is 0 Å². The molecule has 2 aromatic rings. The summed E-state index contributed by atoms with van der Waals surface area (Å²) in [7, 11) is -3.73. The number of esters is 1. The number of aromatic nitrogens is 2. The van der Waals surface area contributed by atoms with Gasteiger partial charge in [-0.1, -0.05) is 6.07 Å². The molecule has 0 amide bonds. The molecule has 0 bridgehead atoms. The second kappa shape index (κ2) is 7.12. The second-order valence-corrected chi connectivity index (χ2v) is 8.18. The third-order valence-electron chi connectivity index (χ3n) is 3.90. The van der Waals surface area contributed by atoms with Gasteiger partial charge in [0.05, 0.1) is 24.8 Å². The first-order valence-electron chi connectivity index (χ1n) is 7.89. The van der Waals surface area contributed by atoms with E-state index in [4.69, 9.17) is 4.74 Å². The number of hydrogen-bond acceptors (Lipinski definition) is 7. The number of carbonyl (C=O) groups excluding carboxylic acids is 1. The van der Waals surface area contributed by atoms with Crippen LogP contribution in [-0.4, -0.2) is 47.1 Å². The lowest BCUT2D eigenvalue weighted by Gasteiger charge is -2.21. The molecule has 0 atom stereocenters. The molecule has 3 rings (SSSR count). The molecular formula is C15H19N3O4S2. The number of benzene rings is 1. The molecule has 0 N–H and O–H groups in total. The van der Waals surface area contributed by atoms with E-state index in [1.165, 1.54) is 4.31 Å². The molecule has 1 aromatic carbocycles. The number of rotatable bonds is 8. The maximum Gasteiger partial charge on any atom is 0.307 e. The van der Waals surface area contributed by atoms with E-state index in [0.29, 0.717) is 23.5 Å². The monoisotopic (exact) mass is 369 g/mol. The lowest BCUT2D eigenvalue weighted by Crippen LogP contribution is -2.35. The van der Waals surface area contributed by atoms with Crippen molar-refractivity contribution in [2.75, 3.05) is 19.7 Å². The fourth-order valence-corrected chi connectivity index (χ4v) is 4.75. The van der Waals surface area contributed by atoms with Gasteiger partial charge in [0.1, 0.15) is 15.9 Å². The molecule has 1 fully saturated rings. The van der Waals surface area contributed by atoms with Gasteiger partial charge < -0.3 is 4.74 Å². The predicted octanol–water partition coefficient (Wildman–Crippen LogP) is 2.05. The molecule has 1 heterocycles. The van der Waals surface area contributed by atoms with Crippen LogP contribution >= 0.6 is 11.7 Å². The Kier molecular flexibility index (Phi) is 5.12. The fourth-order valence-electron chi connectivity index (χ4n) is 2.48. The Bertz CT molecular complexity index is 830. The number of sulfonamides is 1. The first-order valence-corrected chi connectivity index (χ1v) is 10.1. The molecule has 1 aromatic heterocycles. The van der Waals surface area contributed by atoms with Crippen LogP contribution in [0.1, 0.15) is 26.2 Å². The summed E-state index contributed by atoms with van der Waals surface area (Å²) in [6, 6.07) is 4.95. The highest BCUT2D eigenvalue weighted by atomic mass is 32.2. The van der Waals surface area contributed by atoms with Crippen LogP contribution in [0.15, 0.2) is 23.1 Å². The molecule has 1 saturated carbocycles. The molecule has 1 aliphatic carbocycles. The summed E-state index contributed by atoms with van der Waals surface area (Å²) in [6.45, 7) is 2.56.